The van der Waals surface area contributed by atoms with Gasteiger partial charge in [0.25, 0.3) is 0 Å². The van der Waals surface area contributed by atoms with Crippen molar-refractivity contribution >= 4 is 11.7 Å². The molecule has 0 amide bonds. The van der Waals surface area contributed by atoms with Gasteiger partial charge in [-0.15, -0.1) is 0 Å². The van der Waals surface area contributed by atoms with E-state index in [2.05, 4.69) is 14.9 Å². The van der Waals surface area contributed by atoms with Crippen LogP contribution in [0.4, 0.5) is 5.69 Å². The van der Waals surface area contributed by atoms with Crippen LogP contribution >= 0.6 is 0 Å². The third-order valence-electron chi connectivity index (χ3n) is 2.98. The molecule has 0 aromatic carbocycles. The molecular formula is C11H15N3O2. The molecule has 1 N–H and O–H groups in total. The van der Waals surface area contributed by atoms with Crippen LogP contribution in [0.25, 0.3) is 0 Å². The van der Waals surface area contributed by atoms with Crippen molar-refractivity contribution in [1.82, 2.24) is 9.97 Å². The molecule has 0 bridgehead atoms. The molecule has 5 nitrogen and oxygen atoms in total. The van der Waals surface area contributed by atoms with E-state index in [4.69, 9.17) is 5.11 Å². The Morgan fingerprint density at radius 2 is 1.94 bits per heavy atom. The average Bonchev–Trinajstić information content (AvgIpc) is 2.30. The van der Waals surface area contributed by atoms with Crippen LogP contribution in [0, 0.1) is 12.8 Å². The Morgan fingerprint density at radius 3 is 2.44 bits per heavy atom. The quantitative estimate of drug-likeness (QED) is 0.809. The summed E-state index contributed by atoms with van der Waals surface area (Å²) in [6.45, 7) is 3.38. The van der Waals surface area contributed by atoms with Gasteiger partial charge in [-0.2, -0.15) is 0 Å². The van der Waals surface area contributed by atoms with E-state index < -0.39 is 5.97 Å². The van der Waals surface area contributed by atoms with E-state index in [9.17, 15) is 4.79 Å². The number of aryl methyl sites for hydroxylation is 1. The van der Waals surface area contributed by atoms with Crippen molar-refractivity contribution in [2.75, 3.05) is 18.0 Å². The van der Waals surface area contributed by atoms with Crippen LogP contribution in [0.3, 0.4) is 0 Å². The summed E-state index contributed by atoms with van der Waals surface area (Å²) >= 11 is 0. The Balaban J connectivity index is 1.99. The number of hydrogen-bond donors (Lipinski definition) is 1. The molecule has 0 spiro atoms. The van der Waals surface area contributed by atoms with E-state index in [1.54, 1.807) is 12.4 Å². The maximum absolute atomic E-state index is 10.8. The maximum atomic E-state index is 10.8. The molecule has 0 atom stereocenters. The number of anilines is 1. The van der Waals surface area contributed by atoms with E-state index in [0.29, 0.717) is 12.8 Å². The van der Waals surface area contributed by atoms with Gasteiger partial charge >= 0.3 is 5.97 Å². The van der Waals surface area contributed by atoms with Crippen LogP contribution in [0.5, 0.6) is 0 Å². The highest BCUT2D eigenvalue weighted by atomic mass is 16.4. The predicted molar refractivity (Wildman–Crippen MR) is 59.3 cm³/mol. The van der Waals surface area contributed by atoms with Gasteiger partial charge in [0.1, 0.15) is 5.82 Å². The smallest absolute Gasteiger partial charge is 0.306 e. The molecule has 1 aliphatic rings. The van der Waals surface area contributed by atoms with Crippen LogP contribution in [-0.4, -0.2) is 34.1 Å². The number of rotatable bonds is 2. The van der Waals surface area contributed by atoms with Gasteiger partial charge in [-0.1, -0.05) is 0 Å². The average molecular weight is 221 g/mol. The van der Waals surface area contributed by atoms with E-state index >= 15 is 0 Å². The van der Waals surface area contributed by atoms with Crippen molar-refractivity contribution in [3.63, 3.8) is 0 Å². The topological polar surface area (TPSA) is 66.3 Å². The summed E-state index contributed by atoms with van der Waals surface area (Å²) < 4.78 is 0. The number of carboxylic acids is 1. The van der Waals surface area contributed by atoms with Crippen molar-refractivity contribution in [3.05, 3.63) is 18.2 Å². The molecule has 5 heteroatoms. The highest BCUT2D eigenvalue weighted by Gasteiger charge is 2.24. The first-order chi connectivity index (χ1) is 7.66. The van der Waals surface area contributed by atoms with Crippen molar-refractivity contribution in [1.29, 1.82) is 0 Å². The number of hydrogen-bond acceptors (Lipinski definition) is 4. The fourth-order valence-corrected chi connectivity index (χ4v) is 1.93. The summed E-state index contributed by atoms with van der Waals surface area (Å²) in [5.41, 5.74) is 0.981. The molecule has 2 heterocycles. The Bertz CT molecular complexity index is 369. The molecule has 2 rings (SSSR count). The molecule has 0 saturated carbocycles. The molecular weight excluding hydrogens is 206 g/mol. The van der Waals surface area contributed by atoms with E-state index in [-0.39, 0.29) is 5.92 Å². The Kier molecular flexibility index (Phi) is 3.03. The summed E-state index contributed by atoms with van der Waals surface area (Å²) in [6.07, 6.45) is 4.99. The van der Waals surface area contributed by atoms with E-state index in [1.807, 2.05) is 6.92 Å². The number of carboxylic acid groups (broad SMARTS) is 1. The van der Waals surface area contributed by atoms with Gasteiger partial charge in [-0.3, -0.25) is 4.79 Å². The van der Waals surface area contributed by atoms with Crippen LogP contribution in [-0.2, 0) is 4.79 Å². The zero-order valence-corrected chi connectivity index (χ0v) is 9.26. The normalized spacial score (nSPS) is 17.4. The van der Waals surface area contributed by atoms with Gasteiger partial charge in [0.05, 0.1) is 24.0 Å². The molecule has 1 aliphatic heterocycles. The molecule has 0 radical (unpaired) electrons. The van der Waals surface area contributed by atoms with E-state index in [1.165, 1.54) is 0 Å². The standard InChI is InChI=1S/C11H15N3O2/c1-8-12-6-10(7-13-8)14-4-2-9(3-5-14)11(15)16/h6-7,9H,2-5H2,1H3,(H,15,16). The fraction of sp³-hybridized carbons (Fsp3) is 0.545. The second-order valence-electron chi connectivity index (χ2n) is 4.09. The molecule has 1 fully saturated rings. The summed E-state index contributed by atoms with van der Waals surface area (Å²) in [6, 6.07) is 0. The maximum Gasteiger partial charge on any atom is 0.306 e. The molecule has 16 heavy (non-hydrogen) atoms. The van der Waals surface area contributed by atoms with Crippen molar-refractivity contribution in [3.8, 4) is 0 Å². The Morgan fingerprint density at radius 1 is 1.38 bits per heavy atom. The van der Waals surface area contributed by atoms with Crippen LogP contribution in [0.1, 0.15) is 18.7 Å². The summed E-state index contributed by atoms with van der Waals surface area (Å²) in [7, 11) is 0. The monoisotopic (exact) mass is 221 g/mol. The largest absolute Gasteiger partial charge is 0.481 e. The minimum atomic E-state index is -0.681. The number of piperidine rings is 1. The number of aromatic nitrogens is 2. The van der Waals surface area contributed by atoms with Gasteiger partial charge in [0, 0.05) is 13.1 Å². The Hall–Kier alpha value is -1.65. The first-order valence-corrected chi connectivity index (χ1v) is 5.43. The fourth-order valence-electron chi connectivity index (χ4n) is 1.93. The van der Waals surface area contributed by atoms with Gasteiger partial charge < -0.3 is 10.0 Å². The lowest BCUT2D eigenvalue weighted by molar-refractivity contribution is -0.142. The van der Waals surface area contributed by atoms with Gasteiger partial charge in [0.15, 0.2) is 0 Å². The first-order valence-electron chi connectivity index (χ1n) is 5.43. The molecule has 0 aliphatic carbocycles. The zero-order chi connectivity index (χ0) is 11.5. The van der Waals surface area contributed by atoms with Crippen molar-refractivity contribution in [2.45, 2.75) is 19.8 Å². The third-order valence-corrected chi connectivity index (χ3v) is 2.98. The lowest BCUT2D eigenvalue weighted by Crippen LogP contribution is -2.36. The SMILES string of the molecule is Cc1ncc(N2CCC(C(=O)O)CC2)cn1. The first kappa shape index (κ1) is 10.9. The lowest BCUT2D eigenvalue weighted by Gasteiger charge is -2.31. The second kappa shape index (κ2) is 4.47. The number of carbonyl (C=O) groups is 1. The molecule has 0 unspecified atom stereocenters. The van der Waals surface area contributed by atoms with Gasteiger partial charge in [-0.25, -0.2) is 9.97 Å². The second-order valence-corrected chi connectivity index (χ2v) is 4.09. The summed E-state index contributed by atoms with van der Waals surface area (Å²) in [5, 5.41) is 8.89. The van der Waals surface area contributed by atoms with Crippen LogP contribution in [0.15, 0.2) is 12.4 Å². The minimum absolute atomic E-state index is 0.192. The predicted octanol–water partition coefficient (Wildman–Crippen LogP) is 1.09. The Labute approximate surface area is 94.1 Å². The minimum Gasteiger partial charge on any atom is -0.481 e. The van der Waals surface area contributed by atoms with Crippen LogP contribution < -0.4 is 4.90 Å². The van der Waals surface area contributed by atoms with Crippen molar-refractivity contribution < 1.29 is 9.90 Å². The third kappa shape index (κ3) is 2.29. The van der Waals surface area contributed by atoms with Crippen molar-refractivity contribution in [2.24, 2.45) is 5.92 Å². The van der Waals surface area contributed by atoms with Gasteiger partial charge in [-0.05, 0) is 19.8 Å². The van der Waals surface area contributed by atoms with Gasteiger partial charge in [0.2, 0.25) is 0 Å². The molecule has 1 aromatic rings. The van der Waals surface area contributed by atoms with E-state index in [0.717, 1.165) is 24.6 Å². The van der Waals surface area contributed by atoms with Crippen LogP contribution in [0.2, 0.25) is 0 Å². The lowest BCUT2D eigenvalue weighted by atomic mass is 9.97. The number of nitrogens with zero attached hydrogens (tertiary/aromatic N) is 3. The molecule has 1 aromatic heterocycles. The highest BCUT2D eigenvalue weighted by molar-refractivity contribution is 5.70. The highest BCUT2D eigenvalue weighted by Crippen LogP contribution is 2.22. The summed E-state index contributed by atoms with van der Waals surface area (Å²) in [5.74, 6) is -0.119. The summed E-state index contributed by atoms with van der Waals surface area (Å²) in [4.78, 5) is 21.2. The zero-order valence-electron chi connectivity index (χ0n) is 9.26. The molecule has 1 saturated heterocycles. The number of aliphatic carboxylic acids is 1. The molecule has 86 valence electrons.